The number of methoxy groups -OCH3 is 1. The molecule has 1 aromatic rings. The Balaban J connectivity index is 1.98. The van der Waals surface area contributed by atoms with Crippen molar-refractivity contribution in [3.63, 3.8) is 0 Å². The summed E-state index contributed by atoms with van der Waals surface area (Å²) in [7, 11) is 1.71. The fraction of sp³-hybridized carbons (Fsp3) is 0.600. The van der Waals surface area contributed by atoms with Gasteiger partial charge in [-0.2, -0.15) is 0 Å². The number of hydrogen-bond donors (Lipinski definition) is 2. The summed E-state index contributed by atoms with van der Waals surface area (Å²) in [5.74, 6) is -0.114. The molecule has 1 aromatic carbocycles. The SMILES string of the molecule is CCN(CC)C(=O)c1ccc(C(=O)NCC2(COC)CCNCC2)cc1. The van der Waals surface area contributed by atoms with Crippen molar-refractivity contribution in [3.8, 4) is 0 Å². The highest BCUT2D eigenvalue weighted by Gasteiger charge is 2.32. The van der Waals surface area contributed by atoms with Gasteiger partial charge in [0.25, 0.3) is 11.8 Å². The molecule has 1 heterocycles. The van der Waals surface area contributed by atoms with Gasteiger partial charge >= 0.3 is 0 Å². The van der Waals surface area contributed by atoms with Crippen molar-refractivity contribution in [2.75, 3.05) is 46.4 Å². The molecule has 2 rings (SSSR count). The standard InChI is InChI=1S/C20H31N3O3/c1-4-23(5-2)19(25)17-8-6-16(7-9-17)18(24)22-14-20(15-26-3)10-12-21-13-11-20/h6-9,21H,4-5,10-15H2,1-3H3,(H,22,24). The van der Waals surface area contributed by atoms with Gasteiger partial charge in [-0.3, -0.25) is 9.59 Å². The third-order valence-corrected chi connectivity index (χ3v) is 5.18. The van der Waals surface area contributed by atoms with Crippen LogP contribution >= 0.6 is 0 Å². The van der Waals surface area contributed by atoms with E-state index in [0.29, 0.717) is 37.4 Å². The van der Waals surface area contributed by atoms with Crippen molar-refractivity contribution in [2.45, 2.75) is 26.7 Å². The fourth-order valence-corrected chi connectivity index (χ4v) is 3.46. The Bertz CT molecular complexity index is 585. The van der Waals surface area contributed by atoms with Crippen LogP contribution in [0.15, 0.2) is 24.3 Å². The maximum Gasteiger partial charge on any atom is 0.253 e. The van der Waals surface area contributed by atoms with Crippen molar-refractivity contribution >= 4 is 11.8 Å². The summed E-state index contributed by atoms with van der Waals surface area (Å²) in [6, 6.07) is 6.89. The Morgan fingerprint density at radius 1 is 1.12 bits per heavy atom. The minimum absolute atomic E-state index is 0.00397. The molecule has 1 aliphatic rings. The Morgan fingerprint density at radius 2 is 1.69 bits per heavy atom. The smallest absolute Gasteiger partial charge is 0.253 e. The molecule has 0 aliphatic carbocycles. The van der Waals surface area contributed by atoms with E-state index in [4.69, 9.17) is 4.74 Å². The summed E-state index contributed by atoms with van der Waals surface area (Å²) in [6.07, 6.45) is 1.97. The summed E-state index contributed by atoms with van der Waals surface area (Å²) < 4.78 is 5.39. The van der Waals surface area contributed by atoms with Gasteiger partial charge in [-0.25, -0.2) is 0 Å². The van der Waals surface area contributed by atoms with E-state index >= 15 is 0 Å². The number of piperidine rings is 1. The van der Waals surface area contributed by atoms with Crippen LogP contribution in [-0.4, -0.2) is 63.2 Å². The van der Waals surface area contributed by atoms with Gasteiger partial charge in [0.15, 0.2) is 0 Å². The monoisotopic (exact) mass is 361 g/mol. The van der Waals surface area contributed by atoms with Crippen molar-refractivity contribution in [1.82, 2.24) is 15.5 Å². The number of carbonyl (C=O) groups excluding carboxylic acids is 2. The third-order valence-electron chi connectivity index (χ3n) is 5.18. The Morgan fingerprint density at radius 3 is 2.23 bits per heavy atom. The number of nitrogens with zero attached hydrogens (tertiary/aromatic N) is 1. The van der Waals surface area contributed by atoms with Crippen LogP contribution in [0.25, 0.3) is 0 Å². The predicted molar refractivity (Wildman–Crippen MR) is 102 cm³/mol. The second-order valence-electron chi connectivity index (χ2n) is 6.92. The zero-order valence-corrected chi connectivity index (χ0v) is 16.1. The molecule has 0 unspecified atom stereocenters. The molecule has 0 spiro atoms. The van der Waals surface area contributed by atoms with E-state index in [0.717, 1.165) is 25.9 Å². The van der Waals surface area contributed by atoms with Gasteiger partial charge in [0.1, 0.15) is 0 Å². The number of ether oxygens (including phenoxy) is 1. The van der Waals surface area contributed by atoms with Crippen molar-refractivity contribution < 1.29 is 14.3 Å². The quantitative estimate of drug-likeness (QED) is 0.742. The molecule has 6 nitrogen and oxygen atoms in total. The summed E-state index contributed by atoms with van der Waals surface area (Å²) in [5, 5.41) is 6.39. The molecular weight excluding hydrogens is 330 g/mol. The number of rotatable bonds is 8. The van der Waals surface area contributed by atoms with Crippen LogP contribution in [0.2, 0.25) is 0 Å². The predicted octanol–water partition coefficient (Wildman–Crippen LogP) is 1.91. The molecule has 0 bridgehead atoms. The van der Waals surface area contributed by atoms with Gasteiger partial charge in [-0.15, -0.1) is 0 Å². The molecule has 1 aliphatic heterocycles. The molecule has 0 saturated carbocycles. The lowest BCUT2D eigenvalue weighted by Crippen LogP contribution is -2.47. The van der Waals surface area contributed by atoms with Crippen LogP contribution in [0.3, 0.4) is 0 Å². The fourth-order valence-electron chi connectivity index (χ4n) is 3.46. The average Bonchev–Trinajstić information content (AvgIpc) is 2.68. The number of nitrogens with one attached hydrogen (secondary N) is 2. The van der Waals surface area contributed by atoms with Crippen LogP contribution in [0.4, 0.5) is 0 Å². The molecule has 6 heteroatoms. The van der Waals surface area contributed by atoms with E-state index in [1.165, 1.54) is 0 Å². The van der Waals surface area contributed by atoms with E-state index in [9.17, 15) is 9.59 Å². The Kier molecular flexibility index (Phi) is 7.60. The first-order valence-corrected chi connectivity index (χ1v) is 9.42. The summed E-state index contributed by atoms with van der Waals surface area (Å²) >= 11 is 0. The van der Waals surface area contributed by atoms with Crippen LogP contribution in [0, 0.1) is 5.41 Å². The lowest BCUT2D eigenvalue weighted by molar-refractivity contribution is 0.0511. The van der Waals surface area contributed by atoms with E-state index in [1.807, 2.05) is 13.8 Å². The van der Waals surface area contributed by atoms with Gasteiger partial charge in [0.2, 0.25) is 0 Å². The van der Waals surface area contributed by atoms with Crippen molar-refractivity contribution in [3.05, 3.63) is 35.4 Å². The largest absolute Gasteiger partial charge is 0.384 e. The number of carbonyl (C=O) groups is 2. The average molecular weight is 361 g/mol. The van der Waals surface area contributed by atoms with Crippen molar-refractivity contribution in [1.29, 1.82) is 0 Å². The first kappa shape index (κ1) is 20.4. The molecule has 26 heavy (non-hydrogen) atoms. The Labute approximate surface area is 156 Å². The van der Waals surface area contributed by atoms with Gasteiger partial charge in [-0.1, -0.05) is 0 Å². The van der Waals surface area contributed by atoms with E-state index in [1.54, 1.807) is 36.3 Å². The van der Waals surface area contributed by atoms with Crippen molar-refractivity contribution in [2.24, 2.45) is 5.41 Å². The number of benzene rings is 1. The second-order valence-corrected chi connectivity index (χ2v) is 6.92. The lowest BCUT2D eigenvalue weighted by Gasteiger charge is -2.37. The maximum atomic E-state index is 12.5. The Hall–Kier alpha value is -1.92. The van der Waals surface area contributed by atoms with Gasteiger partial charge < -0.3 is 20.3 Å². The highest BCUT2D eigenvalue weighted by atomic mass is 16.5. The van der Waals surface area contributed by atoms with Gasteiger partial charge in [-0.05, 0) is 64.0 Å². The molecule has 1 saturated heterocycles. The minimum Gasteiger partial charge on any atom is -0.384 e. The molecule has 2 amide bonds. The number of hydrogen-bond acceptors (Lipinski definition) is 4. The van der Waals surface area contributed by atoms with E-state index in [2.05, 4.69) is 10.6 Å². The molecule has 2 N–H and O–H groups in total. The third kappa shape index (κ3) is 5.05. The van der Waals surface area contributed by atoms with Crippen LogP contribution in [0.5, 0.6) is 0 Å². The molecule has 1 fully saturated rings. The first-order chi connectivity index (χ1) is 12.5. The zero-order chi connectivity index (χ0) is 19.0. The number of amides is 2. The van der Waals surface area contributed by atoms with E-state index in [-0.39, 0.29) is 17.2 Å². The molecule has 144 valence electrons. The topological polar surface area (TPSA) is 70.7 Å². The first-order valence-electron chi connectivity index (χ1n) is 9.42. The summed E-state index contributed by atoms with van der Waals surface area (Å²) in [6.45, 7) is 8.40. The minimum atomic E-state index is -0.110. The molecule has 0 atom stereocenters. The zero-order valence-electron chi connectivity index (χ0n) is 16.1. The second kappa shape index (κ2) is 9.69. The van der Waals surface area contributed by atoms with Crippen LogP contribution in [-0.2, 0) is 4.74 Å². The van der Waals surface area contributed by atoms with Crippen LogP contribution in [0.1, 0.15) is 47.4 Å². The molecule has 0 aromatic heterocycles. The van der Waals surface area contributed by atoms with E-state index < -0.39 is 0 Å². The normalized spacial score (nSPS) is 16.1. The lowest BCUT2D eigenvalue weighted by atomic mass is 9.79. The highest BCUT2D eigenvalue weighted by Crippen LogP contribution is 2.28. The highest BCUT2D eigenvalue weighted by molar-refractivity contribution is 5.97. The van der Waals surface area contributed by atoms with Crippen LogP contribution < -0.4 is 10.6 Å². The maximum absolute atomic E-state index is 12.5. The summed E-state index contributed by atoms with van der Waals surface area (Å²) in [4.78, 5) is 26.6. The van der Waals surface area contributed by atoms with Gasteiger partial charge in [0.05, 0.1) is 6.61 Å². The molecular formula is C20H31N3O3. The summed E-state index contributed by atoms with van der Waals surface area (Å²) in [5.41, 5.74) is 1.18. The molecule has 0 radical (unpaired) electrons. The van der Waals surface area contributed by atoms with Gasteiger partial charge in [0, 0.05) is 43.3 Å².